The van der Waals surface area contributed by atoms with Crippen molar-refractivity contribution in [3.8, 4) is 5.75 Å². The Balaban J connectivity index is 2.13. The van der Waals surface area contributed by atoms with Crippen LogP contribution in [0.5, 0.6) is 5.75 Å². The van der Waals surface area contributed by atoms with Crippen LogP contribution in [-0.2, 0) is 6.42 Å². The summed E-state index contributed by atoms with van der Waals surface area (Å²) in [7, 11) is 1.71. The van der Waals surface area contributed by atoms with Crippen LogP contribution in [0.2, 0.25) is 0 Å². The lowest BCUT2D eigenvalue weighted by Gasteiger charge is -2.12. The van der Waals surface area contributed by atoms with Crippen molar-refractivity contribution in [1.29, 1.82) is 0 Å². The molecule has 3 heteroatoms. The molecule has 0 heterocycles. The van der Waals surface area contributed by atoms with Gasteiger partial charge < -0.3 is 10.5 Å². The number of hydrogen-bond acceptors (Lipinski definition) is 2. The maximum atomic E-state index is 6.10. The molecule has 0 amide bonds. The molecule has 0 unspecified atom stereocenters. The highest BCUT2D eigenvalue weighted by Crippen LogP contribution is 2.38. The number of hydrogen-bond donors (Lipinski definition) is 1. The minimum absolute atomic E-state index is 0.123. The van der Waals surface area contributed by atoms with Crippen molar-refractivity contribution in [2.24, 2.45) is 5.73 Å². The molecule has 0 atom stereocenters. The maximum absolute atomic E-state index is 6.10. The quantitative estimate of drug-likeness (QED) is 0.921. The van der Waals surface area contributed by atoms with E-state index in [1.807, 2.05) is 0 Å². The average molecular weight is 284 g/mol. The summed E-state index contributed by atoms with van der Waals surface area (Å²) in [6.07, 6.45) is 4.44. The Morgan fingerprint density at radius 1 is 1.44 bits per heavy atom. The predicted molar refractivity (Wildman–Crippen MR) is 69.9 cm³/mol. The predicted octanol–water partition coefficient (Wildman–Crippen LogP) is 3.19. The zero-order valence-corrected chi connectivity index (χ0v) is 11.4. The second kappa shape index (κ2) is 4.38. The molecule has 0 radical (unpaired) electrons. The number of aryl methyl sites for hydroxylation is 2. The molecule has 0 aromatic heterocycles. The third kappa shape index (κ3) is 2.58. The highest BCUT2D eigenvalue weighted by molar-refractivity contribution is 9.10. The number of nitrogens with two attached hydrogens (primary N) is 1. The van der Waals surface area contributed by atoms with E-state index in [-0.39, 0.29) is 5.54 Å². The molecular formula is C13H18BrNO. The van der Waals surface area contributed by atoms with Crippen LogP contribution in [-0.4, -0.2) is 12.6 Å². The maximum Gasteiger partial charge on any atom is 0.122 e. The first-order chi connectivity index (χ1) is 7.54. The second-order valence-electron chi connectivity index (χ2n) is 4.78. The summed E-state index contributed by atoms with van der Waals surface area (Å²) in [6.45, 7) is 2.05. The molecule has 16 heavy (non-hydrogen) atoms. The summed E-state index contributed by atoms with van der Waals surface area (Å²) < 4.78 is 6.50. The van der Waals surface area contributed by atoms with Crippen molar-refractivity contribution in [3.05, 3.63) is 27.7 Å². The summed E-state index contributed by atoms with van der Waals surface area (Å²) in [5.74, 6) is 0.958. The summed E-state index contributed by atoms with van der Waals surface area (Å²) in [6, 6.07) is 4.23. The molecule has 0 bridgehead atoms. The van der Waals surface area contributed by atoms with Crippen molar-refractivity contribution in [2.75, 3.05) is 7.11 Å². The number of rotatable bonds is 4. The Morgan fingerprint density at radius 2 is 2.12 bits per heavy atom. The van der Waals surface area contributed by atoms with Crippen LogP contribution in [0, 0.1) is 6.92 Å². The minimum atomic E-state index is 0.123. The molecule has 88 valence electrons. The van der Waals surface area contributed by atoms with Crippen molar-refractivity contribution in [1.82, 2.24) is 0 Å². The third-order valence-electron chi connectivity index (χ3n) is 3.35. The molecule has 0 aliphatic heterocycles. The molecule has 2 nitrogen and oxygen atoms in total. The Kier molecular flexibility index (Phi) is 3.27. The fourth-order valence-electron chi connectivity index (χ4n) is 1.90. The molecule has 1 saturated carbocycles. The lowest BCUT2D eigenvalue weighted by atomic mass is 10.0. The van der Waals surface area contributed by atoms with Gasteiger partial charge in [0.2, 0.25) is 0 Å². The molecule has 0 spiro atoms. The molecule has 2 N–H and O–H groups in total. The molecule has 1 aromatic rings. The summed E-state index contributed by atoms with van der Waals surface area (Å²) in [5.41, 5.74) is 8.67. The highest BCUT2D eigenvalue weighted by atomic mass is 79.9. The van der Waals surface area contributed by atoms with Gasteiger partial charge in [-0.1, -0.05) is 15.9 Å². The lowest BCUT2D eigenvalue weighted by Crippen LogP contribution is -2.22. The molecule has 0 saturated heterocycles. The van der Waals surface area contributed by atoms with Gasteiger partial charge in [0.15, 0.2) is 0 Å². The van der Waals surface area contributed by atoms with E-state index >= 15 is 0 Å². The topological polar surface area (TPSA) is 35.2 Å². The van der Waals surface area contributed by atoms with Crippen molar-refractivity contribution in [3.63, 3.8) is 0 Å². The van der Waals surface area contributed by atoms with E-state index in [0.29, 0.717) is 0 Å². The van der Waals surface area contributed by atoms with E-state index in [1.54, 1.807) is 7.11 Å². The molecule has 1 aromatic carbocycles. The van der Waals surface area contributed by atoms with Gasteiger partial charge in [-0.25, -0.2) is 0 Å². The van der Waals surface area contributed by atoms with Crippen LogP contribution in [0.25, 0.3) is 0 Å². The SMILES string of the molecule is COc1cc(CCC2(N)CC2)c(Br)cc1C. The lowest BCUT2D eigenvalue weighted by molar-refractivity contribution is 0.411. The fourth-order valence-corrected chi connectivity index (χ4v) is 2.56. The molecule has 2 rings (SSSR count). The van der Waals surface area contributed by atoms with Crippen molar-refractivity contribution in [2.45, 2.75) is 38.1 Å². The fraction of sp³-hybridized carbons (Fsp3) is 0.538. The van der Waals surface area contributed by atoms with Gasteiger partial charge in [0, 0.05) is 10.0 Å². The zero-order chi connectivity index (χ0) is 11.8. The van der Waals surface area contributed by atoms with E-state index in [1.165, 1.54) is 18.4 Å². The van der Waals surface area contributed by atoms with Crippen LogP contribution < -0.4 is 10.5 Å². The van der Waals surface area contributed by atoms with Gasteiger partial charge in [0.05, 0.1) is 7.11 Å². The van der Waals surface area contributed by atoms with Crippen LogP contribution in [0.3, 0.4) is 0 Å². The van der Waals surface area contributed by atoms with Crippen molar-refractivity contribution < 1.29 is 4.74 Å². The molecule has 1 fully saturated rings. The Bertz CT molecular complexity index is 399. The largest absolute Gasteiger partial charge is 0.496 e. The Hall–Kier alpha value is -0.540. The average Bonchev–Trinajstić information content (AvgIpc) is 2.96. The Labute approximate surface area is 105 Å². The van der Waals surface area contributed by atoms with Gasteiger partial charge in [0.25, 0.3) is 0 Å². The van der Waals surface area contributed by atoms with Gasteiger partial charge in [-0.2, -0.15) is 0 Å². The van der Waals surface area contributed by atoms with Gasteiger partial charge in [-0.05, 0) is 55.9 Å². The van der Waals surface area contributed by atoms with Crippen LogP contribution in [0.4, 0.5) is 0 Å². The van der Waals surface area contributed by atoms with Crippen LogP contribution in [0.1, 0.15) is 30.4 Å². The van der Waals surface area contributed by atoms with Crippen molar-refractivity contribution >= 4 is 15.9 Å². The minimum Gasteiger partial charge on any atom is -0.496 e. The van der Waals surface area contributed by atoms with E-state index in [0.717, 1.165) is 28.6 Å². The molecule has 1 aliphatic carbocycles. The number of methoxy groups -OCH3 is 1. The first kappa shape index (κ1) is 11.9. The van der Waals surface area contributed by atoms with E-state index in [9.17, 15) is 0 Å². The monoisotopic (exact) mass is 283 g/mol. The van der Waals surface area contributed by atoms with Crippen LogP contribution in [0.15, 0.2) is 16.6 Å². The smallest absolute Gasteiger partial charge is 0.122 e. The van der Waals surface area contributed by atoms with E-state index < -0.39 is 0 Å². The van der Waals surface area contributed by atoms with Gasteiger partial charge in [-0.3, -0.25) is 0 Å². The number of benzene rings is 1. The van der Waals surface area contributed by atoms with E-state index in [2.05, 4.69) is 35.0 Å². The van der Waals surface area contributed by atoms with Gasteiger partial charge >= 0.3 is 0 Å². The first-order valence-electron chi connectivity index (χ1n) is 5.66. The van der Waals surface area contributed by atoms with Gasteiger partial charge in [-0.15, -0.1) is 0 Å². The molecule has 1 aliphatic rings. The third-order valence-corrected chi connectivity index (χ3v) is 4.09. The molecular weight excluding hydrogens is 266 g/mol. The van der Waals surface area contributed by atoms with Crippen LogP contribution >= 0.6 is 15.9 Å². The number of halogens is 1. The summed E-state index contributed by atoms with van der Waals surface area (Å²) >= 11 is 3.60. The Morgan fingerprint density at radius 3 is 2.69 bits per heavy atom. The number of ether oxygens (including phenoxy) is 1. The standard InChI is InChI=1S/C13H18BrNO/c1-9-7-11(14)10(8-12(9)16-2)3-4-13(15)5-6-13/h7-8H,3-6,15H2,1-2H3. The highest BCUT2D eigenvalue weighted by Gasteiger charge is 2.37. The summed E-state index contributed by atoms with van der Waals surface area (Å²) in [5, 5.41) is 0. The second-order valence-corrected chi connectivity index (χ2v) is 5.63. The van der Waals surface area contributed by atoms with E-state index in [4.69, 9.17) is 10.5 Å². The zero-order valence-electron chi connectivity index (χ0n) is 9.85. The normalized spacial score (nSPS) is 17.2. The first-order valence-corrected chi connectivity index (χ1v) is 6.45. The van der Waals surface area contributed by atoms with Gasteiger partial charge in [0.1, 0.15) is 5.75 Å². The summed E-state index contributed by atoms with van der Waals surface area (Å²) in [4.78, 5) is 0.